The molecule has 1 atom stereocenters. The topological polar surface area (TPSA) is 32.3 Å². The number of nitrogens with zero attached hydrogens (tertiary/aromatic N) is 1. The molecule has 4 heteroatoms. The van der Waals surface area contributed by atoms with Crippen LogP contribution < -0.4 is 10.2 Å². The molecule has 2 aromatic rings. The summed E-state index contributed by atoms with van der Waals surface area (Å²) < 4.78 is 0. The molecule has 3 nitrogen and oxygen atoms in total. The van der Waals surface area contributed by atoms with Crippen molar-refractivity contribution in [3.05, 3.63) is 48.5 Å². The molecule has 1 amide bonds. The molecular weight excluding hydrogens is 316 g/mol. The first-order valence-corrected chi connectivity index (χ1v) is 9.47. The molecule has 24 heavy (non-hydrogen) atoms. The standard InChI is InChI=1S/C20H22N2OS/c1-14(15-10-11-15)21-20(23)12-13-22-16-6-2-4-8-18(16)24-19-9-5-3-7-17(19)22/h2-9,14-15H,10-13H2,1H3,(H,21,23)/t14-/m1/s1. The molecule has 0 bridgehead atoms. The van der Waals surface area contributed by atoms with E-state index in [4.69, 9.17) is 0 Å². The summed E-state index contributed by atoms with van der Waals surface area (Å²) in [6, 6.07) is 17.2. The molecule has 4 rings (SSSR count). The van der Waals surface area contributed by atoms with Gasteiger partial charge in [0, 0.05) is 28.8 Å². The largest absolute Gasteiger partial charge is 0.353 e. The van der Waals surface area contributed by atoms with Crippen LogP contribution in [0.15, 0.2) is 58.3 Å². The Bertz CT molecular complexity index is 711. The van der Waals surface area contributed by atoms with E-state index in [2.05, 4.69) is 65.7 Å². The van der Waals surface area contributed by atoms with Crippen LogP contribution in [-0.2, 0) is 4.79 Å². The van der Waals surface area contributed by atoms with Gasteiger partial charge in [-0.05, 0) is 49.9 Å². The average Bonchev–Trinajstić information content (AvgIpc) is 3.43. The van der Waals surface area contributed by atoms with Crippen LogP contribution in [0.2, 0.25) is 0 Å². The normalized spacial score (nSPS) is 17.0. The van der Waals surface area contributed by atoms with Crippen LogP contribution >= 0.6 is 11.8 Å². The minimum atomic E-state index is 0.155. The second kappa shape index (κ2) is 6.52. The lowest BCUT2D eigenvalue weighted by Crippen LogP contribution is -2.36. The monoisotopic (exact) mass is 338 g/mol. The van der Waals surface area contributed by atoms with Crippen molar-refractivity contribution >= 4 is 29.0 Å². The highest BCUT2D eigenvalue weighted by molar-refractivity contribution is 7.99. The fourth-order valence-electron chi connectivity index (χ4n) is 3.28. The Morgan fingerprint density at radius 1 is 1.12 bits per heavy atom. The minimum Gasteiger partial charge on any atom is -0.353 e. The van der Waals surface area contributed by atoms with Gasteiger partial charge in [0.25, 0.3) is 0 Å². The van der Waals surface area contributed by atoms with Crippen LogP contribution in [0, 0.1) is 5.92 Å². The summed E-state index contributed by atoms with van der Waals surface area (Å²) in [6.45, 7) is 2.83. The fourth-order valence-corrected chi connectivity index (χ4v) is 4.37. The Kier molecular flexibility index (Phi) is 4.23. The van der Waals surface area contributed by atoms with E-state index in [-0.39, 0.29) is 5.91 Å². The van der Waals surface area contributed by atoms with Gasteiger partial charge in [-0.2, -0.15) is 0 Å². The lowest BCUT2D eigenvalue weighted by molar-refractivity contribution is -0.121. The third kappa shape index (κ3) is 3.16. The highest BCUT2D eigenvalue weighted by Crippen LogP contribution is 2.47. The Hall–Kier alpha value is -1.94. The number of nitrogens with one attached hydrogen (secondary N) is 1. The molecule has 1 saturated carbocycles. The van der Waals surface area contributed by atoms with Crippen LogP contribution in [0.1, 0.15) is 26.2 Å². The van der Waals surface area contributed by atoms with Crippen LogP contribution in [-0.4, -0.2) is 18.5 Å². The van der Waals surface area contributed by atoms with Gasteiger partial charge in [-0.3, -0.25) is 4.79 Å². The first kappa shape index (κ1) is 15.6. The van der Waals surface area contributed by atoms with E-state index in [0.717, 1.165) is 0 Å². The van der Waals surface area contributed by atoms with Crippen LogP contribution in [0.3, 0.4) is 0 Å². The molecule has 0 aromatic heterocycles. The molecule has 0 spiro atoms. The molecule has 2 aromatic carbocycles. The summed E-state index contributed by atoms with van der Waals surface area (Å²) in [4.78, 5) is 17.1. The first-order valence-electron chi connectivity index (χ1n) is 8.65. The molecule has 1 aliphatic carbocycles. The van der Waals surface area contributed by atoms with E-state index in [1.165, 1.54) is 34.0 Å². The average molecular weight is 338 g/mol. The number of fused-ring (bicyclic) bond motifs is 2. The molecule has 0 saturated heterocycles. The van der Waals surface area contributed by atoms with Crippen LogP contribution in [0.5, 0.6) is 0 Å². The number of amides is 1. The summed E-state index contributed by atoms with van der Waals surface area (Å²) in [5.41, 5.74) is 2.40. The quantitative estimate of drug-likeness (QED) is 0.865. The molecule has 1 aliphatic heterocycles. The van der Waals surface area contributed by atoms with E-state index in [9.17, 15) is 4.79 Å². The highest BCUT2D eigenvalue weighted by atomic mass is 32.2. The van der Waals surface area contributed by atoms with Crippen molar-refractivity contribution in [3.63, 3.8) is 0 Å². The van der Waals surface area contributed by atoms with Crippen LogP contribution in [0.4, 0.5) is 11.4 Å². The third-order valence-corrected chi connectivity index (χ3v) is 5.94. The summed E-state index contributed by atoms with van der Waals surface area (Å²) in [5, 5.41) is 3.16. The Balaban J connectivity index is 1.50. The van der Waals surface area contributed by atoms with E-state index >= 15 is 0 Å². The second-order valence-corrected chi connectivity index (χ2v) is 7.72. The van der Waals surface area contributed by atoms with Gasteiger partial charge >= 0.3 is 0 Å². The van der Waals surface area contributed by atoms with Gasteiger partial charge in [0.15, 0.2) is 0 Å². The predicted molar refractivity (Wildman–Crippen MR) is 99.0 cm³/mol. The van der Waals surface area contributed by atoms with E-state index in [1.807, 2.05) is 0 Å². The molecule has 0 unspecified atom stereocenters. The molecule has 0 radical (unpaired) electrons. The third-order valence-electron chi connectivity index (χ3n) is 4.81. The van der Waals surface area contributed by atoms with Gasteiger partial charge in [0.2, 0.25) is 5.91 Å². The zero-order valence-corrected chi connectivity index (χ0v) is 14.7. The zero-order chi connectivity index (χ0) is 16.5. The molecule has 124 valence electrons. The number of hydrogen-bond acceptors (Lipinski definition) is 3. The van der Waals surface area contributed by atoms with Gasteiger partial charge in [0.1, 0.15) is 0 Å². The SMILES string of the molecule is C[C@@H](NC(=O)CCN1c2ccccc2Sc2ccccc21)C1CC1. The fraction of sp³-hybridized carbons (Fsp3) is 0.350. The van der Waals surface area contributed by atoms with Crippen molar-refractivity contribution < 1.29 is 4.79 Å². The number of hydrogen-bond donors (Lipinski definition) is 1. The lowest BCUT2D eigenvalue weighted by atomic mass is 10.2. The van der Waals surface area contributed by atoms with Crippen molar-refractivity contribution in [1.29, 1.82) is 0 Å². The number of rotatable bonds is 5. The predicted octanol–water partition coefficient (Wildman–Crippen LogP) is 4.59. The maximum absolute atomic E-state index is 12.3. The molecular formula is C20H22N2OS. The second-order valence-electron chi connectivity index (χ2n) is 6.63. The van der Waals surface area contributed by atoms with E-state index in [1.54, 1.807) is 11.8 Å². The first-order chi connectivity index (χ1) is 11.7. The smallest absolute Gasteiger partial charge is 0.222 e. The Morgan fingerprint density at radius 3 is 2.29 bits per heavy atom. The lowest BCUT2D eigenvalue weighted by Gasteiger charge is -2.32. The van der Waals surface area contributed by atoms with Gasteiger partial charge in [0.05, 0.1) is 11.4 Å². The maximum Gasteiger partial charge on any atom is 0.222 e. The summed E-state index contributed by atoms with van der Waals surface area (Å²) >= 11 is 1.80. The van der Waals surface area contributed by atoms with Gasteiger partial charge in [-0.25, -0.2) is 0 Å². The number of anilines is 2. The molecule has 1 N–H and O–H groups in total. The number of carbonyl (C=O) groups is 1. The van der Waals surface area contributed by atoms with Crippen molar-refractivity contribution in [1.82, 2.24) is 5.32 Å². The minimum absolute atomic E-state index is 0.155. The zero-order valence-electron chi connectivity index (χ0n) is 13.9. The Labute approximate surface area is 147 Å². The van der Waals surface area contributed by atoms with Gasteiger partial charge in [-0.1, -0.05) is 36.0 Å². The van der Waals surface area contributed by atoms with Crippen LogP contribution in [0.25, 0.3) is 0 Å². The summed E-state index contributed by atoms with van der Waals surface area (Å²) in [7, 11) is 0. The van der Waals surface area contributed by atoms with Gasteiger partial charge in [-0.15, -0.1) is 0 Å². The van der Waals surface area contributed by atoms with E-state index < -0.39 is 0 Å². The van der Waals surface area contributed by atoms with Crippen molar-refractivity contribution in [2.24, 2.45) is 5.92 Å². The summed E-state index contributed by atoms with van der Waals surface area (Å²) in [5.74, 6) is 0.851. The van der Waals surface area contributed by atoms with E-state index in [0.29, 0.717) is 24.9 Å². The Morgan fingerprint density at radius 2 is 1.71 bits per heavy atom. The maximum atomic E-state index is 12.3. The molecule has 1 heterocycles. The highest BCUT2D eigenvalue weighted by Gasteiger charge is 2.29. The van der Waals surface area contributed by atoms with Crippen molar-refractivity contribution in [3.8, 4) is 0 Å². The number of carbonyl (C=O) groups excluding carboxylic acids is 1. The molecule has 1 fully saturated rings. The number of para-hydroxylation sites is 2. The number of benzene rings is 2. The van der Waals surface area contributed by atoms with Crippen molar-refractivity contribution in [2.75, 3.05) is 11.4 Å². The molecule has 2 aliphatic rings. The van der Waals surface area contributed by atoms with Gasteiger partial charge < -0.3 is 10.2 Å². The summed E-state index contributed by atoms with van der Waals surface area (Å²) in [6.07, 6.45) is 3.03. The van der Waals surface area contributed by atoms with Crippen molar-refractivity contribution in [2.45, 2.75) is 42.0 Å².